The molecule has 3 amide bonds. The predicted octanol–water partition coefficient (Wildman–Crippen LogP) is 1.14. The molecule has 2 N–H and O–H groups in total. The van der Waals surface area contributed by atoms with E-state index in [1.165, 1.54) is 6.07 Å². The highest BCUT2D eigenvalue weighted by Gasteiger charge is 2.51. The first-order chi connectivity index (χ1) is 10.0. The fraction of sp³-hybridized carbons (Fsp3) is 0.429. The first-order valence-electron chi connectivity index (χ1n) is 6.81. The minimum Gasteiger partial charge on any atom is -0.322 e. The summed E-state index contributed by atoms with van der Waals surface area (Å²) in [5.41, 5.74) is -1.25. The third kappa shape index (κ3) is 2.27. The largest absolute Gasteiger partial charge is 0.325 e. The van der Waals surface area contributed by atoms with Gasteiger partial charge < -0.3 is 10.6 Å². The van der Waals surface area contributed by atoms with E-state index in [1.807, 2.05) is 0 Å². The van der Waals surface area contributed by atoms with Crippen molar-refractivity contribution in [2.45, 2.75) is 24.9 Å². The van der Waals surface area contributed by atoms with Gasteiger partial charge in [-0.05, 0) is 31.5 Å². The third-order valence-corrected chi connectivity index (χ3v) is 4.01. The summed E-state index contributed by atoms with van der Waals surface area (Å²) in [7, 11) is 0. The summed E-state index contributed by atoms with van der Waals surface area (Å²) >= 11 is 0. The molecule has 3 rings (SSSR count). The van der Waals surface area contributed by atoms with Crippen LogP contribution in [-0.4, -0.2) is 35.5 Å². The van der Waals surface area contributed by atoms with E-state index in [1.54, 1.807) is 0 Å². The molecule has 2 aliphatic rings. The SMILES string of the molecule is O=C1NC2(CCCNC2)C(=O)N1Cc1c(F)cccc1F. The normalized spacial score (nSPS) is 25.5. The van der Waals surface area contributed by atoms with Crippen LogP contribution >= 0.6 is 0 Å². The first-order valence-corrected chi connectivity index (χ1v) is 6.81. The Kier molecular flexibility index (Phi) is 3.36. The van der Waals surface area contributed by atoms with Gasteiger partial charge in [0.2, 0.25) is 0 Å². The summed E-state index contributed by atoms with van der Waals surface area (Å²) in [6.45, 7) is 0.728. The summed E-state index contributed by atoms with van der Waals surface area (Å²) in [6.07, 6.45) is 1.29. The van der Waals surface area contributed by atoms with Crippen LogP contribution < -0.4 is 10.6 Å². The van der Waals surface area contributed by atoms with Crippen molar-refractivity contribution in [2.75, 3.05) is 13.1 Å². The van der Waals surface area contributed by atoms with E-state index in [9.17, 15) is 18.4 Å². The topological polar surface area (TPSA) is 61.4 Å². The Labute approximate surface area is 120 Å². The highest BCUT2D eigenvalue weighted by atomic mass is 19.1. The number of imide groups is 1. The maximum Gasteiger partial charge on any atom is 0.325 e. The summed E-state index contributed by atoms with van der Waals surface area (Å²) in [4.78, 5) is 25.4. The van der Waals surface area contributed by atoms with Crippen LogP contribution in [0.1, 0.15) is 18.4 Å². The summed E-state index contributed by atoms with van der Waals surface area (Å²) < 4.78 is 27.3. The number of halogens is 2. The molecule has 1 aromatic rings. The lowest BCUT2D eigenvalue weighted by molar-refractivity contribution is -0.132. The van der Waals surface area contributed by atoms with Crippen LogP contribution in [0.25, 0.3) is 0 Å². The van der Waals surface area contributed by atoms with Gasteiger partial charge >= 0.3 is 6.03 Å². The summed E-state index contributed by atoms with van der Waals surface area (Å²) in [5, 5.41) is 5.72. The molecule has 2 aliphatic heterocycles. The molecule has 7 heteroatoms. The zero-order valence-corrected chi connectivity index (χ0v) is 11.3. The zero-order chi connectivity index (χ0) is 15.0. The van der Waals surface area contributed by atoms with Crippen molar-refractivity contribution >= 4 is 11.9 Å². The van der Waals surface area contributed by atoms with Crippen molar-refractivity contribution in [3.8, 4) is 0 Å². The quantitative estimate of drug-likeness (QED) is 0.804. The Balaban J connectivity index is 1.86. The molecule has 21 heavy (non-hydrogen) atoms. The Bertz CT molecular complexity index is 580. The molecule has 2 saturated heterocycles. The number of benzene rings is 1. The average Bonchev–Trinajstić information content (AvgIpc) is 2.67. The molecule has 2 fully saturated rings. The van der Waals surface area contributed by atoms with Crippen LogP contribution in [0.4, 0.5) is 13.6 Å². The number of urea groups is 1. The van der Waals surface area contributed by atoms with E-state index in [-0.39, 0.29) is 5.56 Å². The van der Waals surface area contributed by atoms with Gasteiger partial charge in [-0.15, -0.1) is 0 Å². The molecule has 1 atom stereocenters. The second-order valence-electron chi connectivity index (χ2n) is 5.38. The van der Waals surface area contributed by atoms with Gasteiger partial charge in [0.15, 0.2) is 0 Å². The average molecular weight is 295 g/mol. The minimum absolute atomic E-state index is 0.276. The lowest BCUT2D eigenvalue weighted by Gasteiger charge is -2.31. The Morgan fingerprint density at radius 1 is 1.24 bits per heavy atom. The number of hydrogen-bond donors (Lipinski definition) is 2. The Morgan fingerprint density at radius 2 is 1.95 bits per heavy atom. The second kappa shape index (κ2) is 5.07. The maximum absolute atomic E-state index is 13.7. The van der Waals surface area contributed by atoms with E-state index in [0.717, 1.165) is 30.0 Å². The number of nitrogens with zero attached hydrogens (tertiary/aromatic N) is 1. The smallest absolute Gasteiger partial charge is 0.322 e. The van der Waals surface area contributed by atoms with E-state index in [0.29, 0.717) is 13.0 Å². The van der Waals surface area contributed by atoms with Gasteiger partial charge in [0, 0.05) is 12.1 Å². The standard InChI is InChI=1S/C14H15F2N3O2/c15-10-3-1-4-11(16)9(10)7-19-12(20)14(18-13(19)21)5-2-6-17-8-14/h1,3-4,17H,2,5-8H2,(H,18,21). The molecule has 0 aliphatic carbocycles. The van der Waals surface area contributed by atoms with Crippen LogP contribution in [0.15, 0.2) is 18.2 Å². The third-order valence-electron chi connectivity index (χ3n) is 4.01. The van der Waals surface area contributed by atoms with Gasteiger partial charge in [0.05, 0.1) is 6.54 Å². The van der Waals surface area contributed by atoms with Crippen LogP contribution in [0, 0.1) is 11.6 Å². The molecule has 0 radical (unpaired) electrons. The number of amides is 3. The van der Waals surface area contributed by atoms with Gasteiger partial charge in [-0.25, -0.2) is 13.6 Å². The summed E-state index contributed by atoms with van der Waals surface area (Å²) in [6, 6.07) is 2.85. The molecule has 112 valence electrons. The zero-order valence-electron chi connectivity index (χ0n) is 11.3. The molecule has 5 nitrogen and oxygen atoms in total. The minimum atomic E-state index is -0.975. The predicted molar refractivity (Wildman–Crippen MR) is 70.3 cm³/mol. The molecule has 1 unspecified atom stereocenters. The maximum atomic E-state index is 13.7. The highest BCUT2D eigenvalue weighted by molar-refractivity contribution is 6.07. The first kappa shape index (κ1) is 13.9. The van der Waals surface area contributed by atoms with Gasteiger partial charge in [-0.2, -0.15) is 0 Å². The summed E-state index contributed by atoms with van der Waals surface area (Å²) in [5.74, 6) is -1.96. The van der Waals surface area contributed by atoms with E-state index in [2.05, 4.69) is 10.6 Å². The monoisotopic (exact) mass is 295 g/mol. The van der Waals surface area contributed by atoms with Crippen molar-refractivity contribution < 1.29 is 18.4 Å². The fourth-order valence-electron chi connectivity index (χ4n) is 2.86. The van der Waals surface area contributed by atoms with Crippen molar-refractivity contribution in [1.29, 1.82) is 0 Å². The number of carbonyl (C=O) groups is 2. The number of hydrogen-bond acceptors (Lipinski definition) is 3. The van der Waals surface area contributed by atoms with Crippen LogP contribution in [0.3, 0.4) is 0 Å². The molecule has 0 aromatic heterocycles. The molecule has 2 heterocycles. The molecule has 1 aromatic carbocycles. The van der Waals surface area contributed by atoms with E-state index in [4.69, 9.17) is 0 Å². The van der Waals surface area contributed by atoms with E-state index < -0.39 is 35.7 Å². The van der Waals surface area contributed by atoms with Gasteiger partial charge in [0.1, 0.15) is 17.2 Å². The second-order valence-corrected chi connectivity index (χ2v) is 5.38. The molecular formula is C14H15F2N3O2. The Hall–Kier alpha value is -2.02. The number of nitrogens with one attached hydrogen (secondary N) is 2. The van der Waals surface area contributed by atoms with Crippen LogP contribution in [0.5, 0.6) is 0 Å². The van der Waals surface area contributed by atoms with Crippen LogP contribution in [0.2, 0.25) is 0 Å². The number of piperidine rings is 1. The Morgan fingerprint density at radius 3 is 2.57 bits per heavy atom. The van der Waals surface area contributed by atoms with Crippen molar-refractivity contribution in [3.05, 3.63) is 35.4 Å². The molecule has 0 saturated carbocycles. The van der Waals surface area contributed by atoms with Gasteiger partial charge in [0.25, 0.3) is 5.91 Å². The molecular weight excluding hydrogens is 280 g/mol. The van der Waals surface area contributed by atoms with Crippen molar-refractivity contribution in [1.82, 2.24) is 15.5 Å². The molecule has 0 bridgehead atoms. The lowest BCUT2D eigenvalue weighted by Crippen LogP contribution is -2.57. The van der Waals surface area contributed by atoms with Crippen molar-refractivity contribution in [3.63, 3.8) is 0 Å². The van der Waals surface area contributed by atoms with Gasteiger partial charge in [-0.3, -0.25) is 9.69 Å². The van der Waals surface area contributed by atoms with Crippen LogP contribution in [-0.2, 0) is 11.3 Å². The fourth-order valence-corrected chi connectivity index (χ4v) is 2.86. The lowest BCUT2D eigenvalue weighted by atomic mass is 9.90. The highest BCUT2D eigenvalue weighted by Crippen LogP contribution is 2.27. The van der Waals surface area contributed by atoms with Crippen molar-refractivity contribution in [2.24, 2.45) is 0 Å². The molecule has 1 spiro atoms. The number of rotatable bonds is 2. The van der Waals surface area contributed by atoms with E-state index >= 15 is 0 Å². The number of carbonyl (C=O) groups excluding carboxylic acids is 2. The van der Waals surface area contributed by atoms with Gasteiger partial charge in [-0.1, -0.05) is 6.07 Å².